The smallest absolute Gasteiger partial charge is 0.130 e. The SMILES string of the molecule is c1cc2c3c(cc4c(c3c1)OCC4)CC2. The highest BCUT2D eigenvalue weighted by molar-refractivity contribution is 5.96. The van der Waals surface area contributed by atoms with E-state index >= 15 is 0 Å². The number of hydrogen-bond donors (Lipinski definition) is 0. The number of hydrogen-bond acceptors (Lipinski definition) is 1. The average Bonchev–Trinajstić information content (AvgIpc) is 2.87. The summed E-state index contributed by atoms with van der Waals surface area (Å²) in [7, 11) is 0. The second-order valence-electron chi connectivity index (χ2n) is 4.46. The van der Waals surface area contributed by atoms with Crippen LogP contribution in [0.5, 0.6) is 5.75 Å². The van der Waals surface area contributed by atoms with Crippen LogP contribution in [0.1, 0.15) is 16.7 Å². The highest BCUT2D eigenvalue weighted by atomic mass is 16.5. The van der Waals surface area contributed by atoms with Gasteiger partial charge in [0.2, 0.25) is 0 Å². The van der Waals surface area contributed by atoms with Crippen LogP contribution in [-0.4, -0.2) is 6.61 Å². The zero-order valence-corrected chi connectivity index (χ0v) is 8.55. The minimum absolute atomic E-state index is 0.859. The summed E-state index contributed by atoms with van der Waals surface area (Å²) < 4.78 is 5.75. The Labute approximate surface area is 88.7 Å². The monoisotopic (exact) mass is 196 g/mol. The molecular weight excluding hydrogens is 184 g/mol. The van der Waals surface area contributed by atoms with Crippen molar-refractivity contribution in [1.29, 1.82) is 0 Å². The standard InChI is InChI=1S/C14H12O/c1-2-9-4-5-10-8-11-6-7-15-14(11)12(3-1)13(9)10/h1-3,8H,4-7H2. The number of fused-ring (bicyclic) bond motifs is 2. The van der Waals surface area contributed by atoms with Gasteiger partial charge in [-0.3, -0.25) is 0 Å². The summed E-state index contributed by atoms with van der Waals surface area (Å²) in [5.74, 6) is 1.15. The third kappa shape index (κ3) is 0.883. The lowest BCUT2D eigenvalue weighted by atomic mass is 10.00. The maximum Gasteiger partial charge on any atom is 0.130 e. The predicted octanol–water partition coefficient (Wildman–Crippen LogP) is 2.87. The van der Waals surface area contributed by atoms with Gasteiger partial charge in [0.1, 0.15) is 5.75 Å². The van der Waals surface area contributed by atoms with Crippen molar-refractivity contribution < 1.29 is 4.74 Å². The van der Waals surface area contributed by atoms with Gasteiger partial charge in [-0.1, -0.05) is 24.3 Å². The molecule has 0 fully saturated rings. The molecule has 0 spiro atoms. The van der Waals surface area contributed by atoms with E-state index < -0.39 is 0 Å². The molecule has 2 aromatic rings. The first kappa shape index (κ1) is 7.75. The van der Waals surface area contributed by atoms with Crippen LogP contribution in [0.15, 0.2) is 24.3 Å². The molecule has 0 N–H and O–H groups in total. The molecule has 74 valence electrons. The minimum atomic E-state index is 0.859. The Bertz CT molecular complexity index is 569. The highest BCUT2D eigenvalue weighted by Gasteiger charge is 2.22. The van der Waals surface area contributed by atoms with Gasteiger partial charge in [-0.2, -0.15) is 0 Å². The third-order valence-corrected chi connectivity index (χ3v) is 3.64. The molecule has 0 saturated heterocycles. The summed E-state index contributed by atoms with van der Waals surface area (Å²) in [5, 5.41) is 2.81. The third-order valence-electron chi connectivity index (χ3n) is 3.64. The summed E-state index contributed by atoms with van der Waals surface area (Å²) >= 11 is 0. The first-order valence-corrected chi connectivity index (χ1v) is 5.62. The van der Waals surface area contributed by atoms with Crippen LogP contribution in [-0.2, 0) is 19.3 Å². The molecule has 1 aliphatic carbocycles. The van der Waals surface area contributed by atoms with Gasteiger partial charge in [0, 0.05) is 11.8 Å². The lowest BCUT2D eigenvalue weighted by molar-refractivity contribution is 0.360. The van der Waals surface area contributed by atoms with Crippen molar-refractivity contribution in [1.82, 2.24) is 0 Å². The van der Waals surface area contributed by atoms with Gasteiger partial charge in [-0.05, 0) is 34.9 Å². The van der Waals surface area contributed by atoms with E-state index in [4.69, 9.17) is 4.74 Å². The Morgan fingerprint density at radius 2 is 1.87 bits per heavy atom. The topological polar surface area (TPSA) is 9.23 Å². The quantitative estimate of drug-likeness (QED) is 0.629. The lowest BCUT2D eigenvalue weighted by Gasteiger charge is -2.07. The van der Waals surface area contributed by atoms with E-state index in [0.29, 0.717) is 0 Å². The molecule has 1 heteroatoms. The number of ether oxygens (including phenoxy) is 1. The van der Waals surface area contributed by atoms with E-state index in [-0.39, 0.29) is 0 Å². The molecule has 0 atom stereocenters. The van der Waals surface area contributed by atoms with Crippen LogP contribution in [0.25, 0.3) is 10.8 Å². The van der Waals surface area contributed by atoms with Gasteiger partial charge < -0.3 is 4.74 Å². The molecule has 4 rings (SSSR count). The van der Waals surface area contributed by atoms with Gasteiger partial charge in [0.05, 0.1) is 6.61 Å². The van der Waals surface area contributed by atoms with Crippen molar-refractivity contribution in [2.24, 2.45) is 0 Å². The fourth-order valence-corrected chi connectivity index (χ4v) is 2.98. The normalized spacial score (nSPS) is 16.8. The van der Waals surface area contributed by atoms with E-state index in [0.717, 1.165) is 18.8 Å². The van der Waals surface area contributed by atoms with Crippen molar-refractivity contribution >= 4 is 10.8 Å². The van der Waals surface area contributed by atoms with E-state index in [9.17, 15) is 0 Å². The number of benzene rings is 2. The predicted molar refractivity (Wildman–Crippen MR) is 60.6 cm³/mol. The molecule has 2 aliphatic rings. The van der Waals surface area contributed by atoms with Gasteiger partial charge in [0.25, 0.3) is 0 Å². The van der Waals surface area contributed by atoms with Crippen LogP contribution in [0, 0.1) is 0 Å². The zero-order valence-electron chi connectivity index (χ0n) is 8.55. The van der Waals surface area contributed by atoms with Crippen molar-refractivity contribution in [2.45, 2.75) is 19.3 Å². The van der Waals surface area contributed by atoms with Crippen molar-refractivity contribution in [3.05, 3.63) is 41.0 Å². The second-order valence-corrected chi connectivity index (χ2v) is 4.46. The van der Waals surface area contributed by atoms with E-state index in [2.05, 4.69) is 24.3 Å². The molecule has 1 aliphatic heterocycles. The molecule has 15 heavy (non-hydrogen) atoms. The second kappa shape index (κ2) is 2.54. The molecule has 0 amide bonds. The number of aryl methyl sites for hydroxylation is 2. The molecule has 1 heterocycles. The van der Waals surface area contributed by atoms with Crippen molar-refractivity contribution in [3.63, 3.8) is 0 Å². The van der Waals surface area contributed by atoms with Crippen molar-refractivity contribution in [3.8, 4) is 5.75 Å². The summed E-state index contributed by atoms with van der Waals surface area (Å²) in [4.78, 5) is 0. The van der Waals surface area contributed by atoms with Gasteiger partial charge in [-0.15, -0.1) is 0 Å². The van der Waals surface area contributed by atoms with E-state index in [1.165, 1.54) is 40.3 Å². The maximum atomic E-state index is 5.75. The Morgan fingerprint density at radius 1 is 0.933 bits per heavy atom. The molecule has 0 bridgehead atoms. The molecule has 0 saturated carbocycles. The minimum Gasteiger partial charge on any atom is -0.492 e. The van der Waals surface area contributed by atoms with Crippen LogP contribution < -0.4 is 4.74 Å². The van der Waals surface area contributed by atoms with Crippen LogP contribution in [0.4, 0.5) is 0 Å². The summed E-state index contributed by atoms with van der Waals surface area (Å²) in [6.45, 7) is 0.859. The molecule has 0 unspecified atom stereocenters. The average molecular weight is 196 g/mol. The van der Waals surface area contributed by atoms with Crippen LogP contribution in [0.3, 0.4) is 0 Å². The molecule has 1 nitrogen and oxygen atoms in total. The highest BCUT2D eigenvalue weighted by Crippen LogP contribution is 2.40. The summed E-state index contributed by atoms with van der Waals surface area (Å²) in [6, 6.07) is 8.98. The molecular formula is C14H12O. The van der Waals surface area contributed by atoms with Crippen molar-refractivity contribution in [2.75, 3.05) is 6.61 Å². The van der Waals surface area contributed by atoms with Gasteiger partial charge in [-0.25, -0.2) is 0 Å². The van der Waals surface area contributed by atoms with Gasteiger partial charge >= 0.3 is 0 Å². The Hall–Kier alpha value is -1.50. The van der Waals surface area contributed by atoms with Gasteiger partial charge in [0.15, 0.2) is 0 Å². The Balaban J connectivity index is 2.24. The fraction of sp³-hybridized carbons (Fsp3) is 0.286. The lowest BCUT2D eigenvalue weighted by Crippen LogP contribution is -1.87. The van der Waals surface area contributed by atoms with Crippen LogP contribution >= 0.6 is 0 Å². The molecule has 2 aromatic carbocycles. The summed E-state index contributed by atoms with van der Waals surface area (Å²) in [6.07, 6.45) is 3.50. The van der Waals surface area contributed by atoms with Crippen LogP contribution in [0.2, 0.25) is 0 Å². The maximum absolute atomic E-state index is 5.75. The van der Waals surface area contributed by atoms with E-state index in [1.54, 1.807) is 0 Å². The first-order chi connectivity index (χ1) is 7.43. The Kier molecular flexibility index (Phi) is 1.31. The van der Waals surface area contributed by atoms with E-state index in [1.807, 2.05) is 0 Å². The fourth-order valence-electron chi connectivity index (χ4n) is 2.98. The zero-order chi connectivity index (χ0) is 9.83. The first-order valence-electron chi connectivity index (χ1n) is 5.62. The number of rotatable bonds is 0. The Morgan fingerprint density at radius 3 is 2.87 bits per heavy atom. The molecule has 0 radical (unpaired) electrons. The molecule has 0 aromatic heterocycles. The largest absolute Gasteiger partial charge is 0.492 e. The summed E-state index contributed by atoms with van der Waals surface area (Å²) in [5.41, 5.74) is 4.45.